The standard InChI is InChI=1S/C39H60O9/c1-20-12-17-38(32(41)42)18-19-39(33(43)44)23(27(38)21(20)2)10-11-25-36(8)15-14-26(34(4,5)24(36)13-16-37(25,39)9)46-31-28(40)30-29(22(3)45-31)47-35(6,7)48-30/h10,20-22,24-31,40H,11-19H2,1-9H3,(H,41,42)(H,43,44)/t20-,21-,22+,24+,25+,26-,27+,28+,29-,30-,31-,36-,37+,38-,39-/m0/s1. The molecule has 0 bridgehead atoms. The van der Waals surface area contributed by atoms with Gasteiger partial charge in [0.15, 0.2) is 12.1 Å². The van der Waals surface area contributed by atoms with Crippen LogP contribution in [-0.4, -0.2) is 69.9 Å². The smallest absolute Gasteiger partial charge is 0.314 e. The summed E-state index contributed by atoms with van der Waals surface area (Å²) in [6.45, 7) is 19.2. The summed E-state index contributed by atoms with van der Waals surface area (Å²) in [5, 5.41) is 33.5. The molecule has 0 spiro atoms. The van der Waals surface area contributed by atoms with Crippen molar-refractivity contribution in [2.75, 3.05) is 0 Å². The van der Waals surface area contributed by atoms with Crippen molar-refractivity contribution in [3.8, 4) is 0 Å². The summed E-state index contributed by atoms with van der Waals surface area (Å²) < 4.78 is 25.1. The summed E-state index contributed by atoms with van der Waals surface area (Å²) in [6.07, 6.45) is 5.50. The zero-order valence-corrected chi connectivity index (χ0v) is 30.6. The lowest BCUT2D eigenvalue weighted by molar-refractivity contribution is -0.312. The van der Waals surface area contributed by atoms with Crippen molar-refractivity contribution in [2.45, 2.75) is 163 Å². The van der Waals surface area contributed by atoms with Gasteiger partial charge in [0.1, 0.15) is 18.3 Å². The summed E-state index contributed by atoms with van der Waals surface area (Å²) in [6, 6.07) is 0. The third-order valence-corrected chi connectivity index (χ3v) is 16.1. The van der Waals surface area contributed by atoms with Crippen molar-refractivity contribution >= 4 is 11.9 Å². The van der Waals surface area contributed by atoms with E-state index in [2.05, 4.69) is 47.6 Å². The number of fused-ring (bicyclic) bond motifs is 8. The minimum absolute atomic E-state index is 0.112. The van der Waals surface area contributed by atoms with E-state index in [1.807, 2.05) is 20.8 Å². The van der Waals surface area contributed by atoms with E-state index in [0.29, 0.717) is 25.2 Å². The van der Waals surface area contributed by atoms with E-state index in [4.69, 9.17) is 18.9 Å². The van der Waals surface area contributed by atoms with Crippen LogP contribution in [0.15, 0.2) is 11.6 Å². The van der Waals surface area contributed by atoms with Crippen molar-refractivity contribution in [2.24, 2.45) is 56.7 Å². The van der Waals surface area contributed by atoms with Gasteiger partial charge in [-0.1, -0.05) is 53.2 Å². The lowest BCUT2D eigenvalue weighted by Gasteiger charge is -2.70. The lowest BCUT2D eigenvalue weighted by atomic mass is 9.33. The van der Waals surface area contributed by atoms with Gasteiger partial charge in [-0.05, 0) is 124 Å². The highest BCUT2D eigenvalue weighted by atomic mass is 16.8. The van der Waals surface area contributed by atoms with E-state index in [0.717, 1.165) is 44.1 Å². The van der Waals surface area contributed by atoms with E-state index in [9.17, 15) is 24.9 Å². The second-order valence-electron chi connectivity index (χ2n) is 18.7. The molecule has 0 aromatic carbocycles. The van der Waals surface area contributed by atoms with Crippen LogP contribution >= 0.6 is 0 Å². The molecule has 15 atom stereocenters. The van der Waals surface area contributed by atoms with Crippen molar-refractivity contribution in [3.63, 3.8) is 0 Å². The molecule has 2 saturated heterocycles. The van der Waals surface area contributed by atoms with Crippen molar-refractivity contribution in [3.05, 3.63) is 11.6 Å². The average molecular weight is 673 g/mol. The molecule has 7 aliphatic rings. The molecular formula is C39H60O9. The molecule has 270 valence electrons. The number of allylic oxidation sites excluding steroid dienone is 1. The summed E-state index contributed by atoms with van der Waals surface area (Å²) >= 11 is 0. The molecule has 9 nitrogen and oxygen atoms in total. The molecule has 9 heteroatoms. The Kier molecular flexibility index (Phi) is 7.99. The van der Waals surface area contributed by atoms with Crippen LogP contribution in [0.4, 0.5) is 0 Å². The maximum Gasteiger partial charge on any atom is 0.314 e. The zero-order chi connectivity index (χ0) is 35.0. The predicted molar refractivity (Wildman–Crippen MR) is 178 cm³/mol. The Morgan fingerprint density at radius 3 is 2.19 bits per heavy atom. The van der Waals surface area contributed by atoms with Gasteiger partial charge in [0.2, 0.25) is 0 Å². The number of rotatable bonds is 4. The molecule has 0 amide bonds. The summed E-state index contributed by atoms with van der Waals surface area (Å²) in [5.74, 6) is -1.69. The van der Waals surface area contributed by atoms with Crippen LogP contribution in [0.25, 0.3) is 0 Å². The van der Waals surface area contributed by atoms with Gasteiger partial charge in [-0.3, -0.25) is 9.59 Å². The molecule has 2 aliphatic heterocycles. The van der Waals surface area contributed by atoms with Gasteiger partial charge in [0.05, 0.1) is 23.0 Å². The second-order valence-corrected chi connectivity index (χ2v) is 18.7. The molecule has 0 radical (unpaired) electrons. The van der Waals surface area contributed by atoms with Crippen molar-refractivity contribution < 1.29 is 43.9 Å². The lowest BCUT2D eigenvalue weighted by Crippen LogP contribution is -2.68. The fourth-order valence-electron chi connectivity index (χ4n) is 13.5. The largest absolute Gasteiger partial charge is 0.481 e. The Hall–Kier alpha value is -1.52. The van der Waals surface area contributed by atoms with E-state index in [1.54, 1.807) is 0 Å². The van der Waals surface area contributed by atoms with Crippen LogP contribution in [0, 0.1) is 56.7 Å². The van der Waals surface area contributed by atoms with E-state index >= 15 is 0 Å². The SMILES string of the molecule is C[C@H]1[C@@H](C)CC[C@]2(C(=O)O)CC[C@@]3(C(=O)O)C(=CC[C@@H]4[C@@]5(C)CC[C@H](O[C@@H]6O[C@H](C)[C@@H]7OC(C)(C)O[C@H]7[C@H]6O)C(C)(C)[C@H]5CC[C@]43C)[C@@H]12. The number of aliphatic carboxylic acids is 2. The second kappa shape index (κ2) is 11.0. The average Bonchev–Trinajstić information content (AvgIpc) is 3.34. The quantitative estimate of drug-likeness (QED) is 0.218. The van der Waals surface area contributed by atoms with Crippen LogP contribution in [0.3, 0.4) is 0 Å². The molecule has 0 aromatic heterocycles. The normalized spacial score (nSPS) is 53.6. The van der Waals surface area contributed by atoms with Crippen LogP contribution in [0.1, 0.15) is 120 Å². The Morgan fingerprint density at radius 2 is 1.52 bits per heavy atom. The van der Waals surface area contributed by atoms with E-state index in [-0.39, 0.29) is 52.8 Å². The number of carboxylic acid groups (broad SMARTS) is 2. The van der Waals surface area contributed by atoms with Gasteiger partial charge in [-0.2, -0.15) is 0 Å². The highest BCUT2D eigenvalue weighted by Crippen LogP contribution is 2.76. The van der Waals surface area contributed by atoms with Crippen LogP contribution < -0.4 is 0 Å². The first kappa shape index (κ1) is 34.9. The molecule has 7 rings (SSSR count). The highest BCUT2D eigenvalue weighted by molar-refractivity contribution is 5.84. The first-order valence-electron chi connectivity index (χ1n) is 18.8. The Balaban J connectivity index is 1.20. The van der Waals surface area contributed by atoms with Crippen LogP contribution in [-0.2, 0) is 28.5 Å². The summed E-state index contributed by atoms with van der Waals surface area (Å²) in [7, 11) is 0. The molecule has 4 saturated carbocycles. The summed E-state index contributed by atoms with van der Waals surface area (Å²) in [4.78, 5) is 26.9. The number of carbonyl (C=O) groups is 2. The van der Waals surface area contributed by atoms with E-state index < -0.39 is 52.5 Å². The Labute approximate surface area is 286 Å². The predicted octanol–water partition coefficient (Wildman–Crippen LogP) is 6.80. The molecule has 48 heavy (non-hydrogen) atoms. The number of aliphatic hydroxyl groups excluding tert-OH is 1. The maximum atomic E-state index is 13.9. The molecule has 6 fully saturated rings. The number of carboxylic acids is 2. The molecule has 5 aliphatic carbocycles. The molecule has 0 aromatic rings. The highest BCUT2D eigenvalue weighted by Gasteiger charge is 2.73. The zero-order valence-electron chi connectivity index (χ0n) is 30.6. The minimum Gasteiger partial charge on any atom is -0.481 e. The fourth-order valence-corrected chi connectivity index (χ4v) is 13.5. The summed E-state index contributed by atoms with van der Waals surface area (Å²) in [5.41, 5.74) is -1.92. The monoisotopic (exact) mass is 672 g/mol. The molecular weight excluding hydrogens is 612 g/mol. The van der Waals surface area contributed by atoms with Gasteiger partial charge < -0.3 is 34.3 Å². The Bertz CT molecular complexity index is 1370. The van der Waals surface area contributed by atoms with Gasteiger partial charge in [0, 0.05) is 0 Å². The number of hydrogen-bond donors (Lipinski definition) is 3. The molecule has 2 heterocycles. The third kappa shape index (κ3) is 4.45. The number of ether oxygens (including phenoxy) is 4. The van der Waals surface area contributed by atoms with Gasteiger partial charge in [0.25, 0.3) is 0 Å². The van der Waals surface area contributed by atoms with Gasteiger partial charge in [-0.15, -0.1) is 0 Å². The maximum absolute atomic E-state index is 13.9. The topological polar surface area (TPSA) is 132 Å². The number of aliphatic hydroxyl groups is 1. The van der Waals surface area contributed by atoms with Gasteiger partial charge in [-0.25, -0.2) is 0 Å². The third-order valence-electron chi connectivity index (χ3n) is 16.1. The fraction of sp³-hybridized carbons (Fsp3) is 0.897. The van der Waals surface area contributed by atoms with Crippen molar-refractivity contribution in [1.29, 1.82) is 0 Å². The van der Waals surface area contributed by atoms with E-state index in [1.165, 1.54) is 0 Å². The number of hydrogen-bond acceptors (Lipinski definition) is 7. The van der Waals surface area contributed by atoms with Crippen LogP contribution in [0.5, 0.6) is 0 Å². The minimum atomic E-state index is -1.07. The van der Waals surface area contributed by atoms with Crippen LogP contribution in [0.2, 0.25) is 0 Å². The van der Waals surface area contributed by atoms with Crippen molar-refractivity contribution in [1.82, 2.24) is 0 Å². The Morgan fingerprint density at radius 1 is 0.833 bits per heavy atom. The molecule has 0 unspecified atom stereocenters. The molecule has 3 N–H and O–H groups in total. The first-order chi connectivity index (χ1) is 22.3. The van der Waals surface area contributed by atoms with Gasteiger partial charge >= 0.3 is 11.9 Å². The first-order valence-corrected chi connectivity index (χ1v) is 18.8.